The molecule has 0 spiro atoms. The first kappa shape index (κ1) is 16.2. The molecule has 0 aliphatic heterocycles. The maximum absolute atomic E-state index is 12.3. The molecule has 0 fully saturated rings. The van der Waals surface area contributed by atoms with Gasteiger partial charge in [0.2, 0.25) is 0 Å². The minimum absolute atomic E-state index is 0.0244. The lowest BCUT2D eigenvalue weighted by Crippen LogP contribution is -2.32. The Morgan fingerprint density at radius 3 is 2.60 bits per heavy atom. The van der Waals surface area contributed by atoms with Gasteiger partial charge < -0.3 is 15.8 Å². The van der Waals surface area contributed by atoms with Gasteiger partial charge in [0.25, 0.3) is 0 Å². The Morgan fingerprint density at radius 1 is 1.50 bits per heavy atom. The van der Waals surface area contributed by atoms with Gasteiger partial charge in [-0.25, -0.2) is 0 Å². The molecule has 1 rings (SSSR count). The van der Waals surface area contributed by atoms with Crippen molar-refractivity contribution in [3.63, 3.8) is 0 Å². The van der Waals surface area contributed by atoms with E-state index in [1.807, 2.05) is 0 Å². The van der Waals surface area contributed by atoms with E-state index in [0.717, 1.165) is 12.3 Å². The van der Waals surface area contributed by atoms with Crippen molar-refractivity contribution in [3.8, 4) is 0 Å². The first-order chi connectivity index (χ1) is 9.20. The molecule has 0 radical (unpaired) electrons. The number of aromatic nitrogens is 1. The Balaban J connectivity index is 2.58. The number of rotatable bonds is 5. The van der Waals surface area contributed by atoms with Crippen LogP contribution in [0.25, 0.3) is 0 Å². The number of nitrogens with one attached hydrogen (secondary N) is 2. The van der Waals surface area contributed by atoms with Crippen molar-refractivity contribution < 1.29 is 18.3 Å². The van der Waals surface area contributed by atoms with Crippen molar-refractivity contribution in [3.05, 3.63) is 41.4 Å². The number of alkyl halides is 3. The minimum Gasteiger partial charge on any atom is -0.513 e. The standard InChI is InChI=1S/C13H16F3N3O/c1-8(20)5-12(17)9(2)18-7-11-4-3-10(6-19-11)13(14,15)16/h3-6,9,17-18,20H,7H2,1-2H3/b8-5-,17-12?/t9-/m1/s1. The van der Waals surface area contributed by atoms with Crippen LogP contribution in [0, 0.1) is 5.41 Å². The van der Waals surface area contributed by atoms with Crippen molar-refractivity contribution in [2.24, 2.45) is 0 Å². The molecular weight excluding hydrogens is 271 g/mol. The summed E-state index contributed by atoms with van der Waals surface area (Å²) in [7, 11) is 0. The predicted octanol–water partition coefficient (Wildman–Crippen LogP) is 3.06. The van der Waals surface area contributed by atoms with Gasteiger partial charge >= 0.3 is 6.18 Å². The SMILES string of the molecule is C/C(O)=C/C(=N)[C@@H](C)NCc1ccc(C(F)(F)F)cn1. The monoisotopic (exact) mass is 287 g/mol. The lowest BCUT2D eigenvalue weighted by atomic mass is 10.1. The van der Waals surface area contributed by atoms with E-state index in [-0.39, 0.29) is 24.1 Å². The van der Waals surface area contributed by atoms with E-state index < -0.39 is 11.7 Å². The van der Waals surface area contributed by atoms with Crippen molar-refractivity contribution in [1.82, 2.24) is 10.3 Å². The molecule has 1 atom stereocenters. The maximum Gasteiger partial charge on any atom is 0.417 e. The fourth-order valence-electron chi connectivity index (χ4n) is 1.41. The fourth-order valence-corrected chi connectivity index (χ4v) is 1.41. The largest absolute Gasteiger partial charge is 0.513 e. The average molecular weight is 287 g/mol. The molecule has 7 heteroatoms. The first-order valence-electron chi connectivity index (χ1n) is 5.91. The lowest BCUT2D eigenvalue weighted by Gasteiger charge is -2.13. The second-order valence-electron chi connectivity index (χ2n) is 4.38. The van der Waals surface area contributed by atoms with Crippen molar-refractivity contribution in [1.29, 1.82) is 5.41 Å². The van der Waals surface area contributed by atoms with Crippen LogP contribution in [0.15, 0.2) is 30.2 Å². The summed E-state index contributed by atoms with van der Waals surface area (Å²) in [5.41, 5.74) is -0.167. The molecule has 20 heavy (non-hydrogen) atoms. The molecule has 0 aliphatic carbocycles. The molecule has 1 aromatic heterocycles. The number of aliphatic hydroxyl groups excluding tert-OH is 1. The molecule has 0 unspecified atom stereocenters. The van der Waals surface area contributed by atoms with Crippen LogP contribution in [0.2, 0.25) is 0 Å². The third-order valence-corrected chi connectivity index (χ3v) is 2.57. The number of nitrogens with zero attached hydrogens (tertiary/aromatic N) is 1. The molecule has 4 nitrogen and oxygen atoms in total. The van der Waals surface area contributed by atoms with E-state index in [1.54, 1.807) is 6.92 Å². The third-order valence-electron chi connectivity index (χ3n) is 2.57. The van der Waals surface area contributed by atoms with Gasteiger partial charge in [0.1, 0.15) is 0 Å². The van der Waals surface area contributed by atoms with Gasteiger partial charge in [-0.2, -0.15) is 13.2 Å². The maximum atomic E-state index is 12.3. The lowest BCUT2D eigenvalue weighted by molar-refractivity contribution is -0.137. The second kappa shape index (κ2) is 6.51. The number of allylic oxidation sites excluding steroid dienone is 1. The third kappa shape index (κ3) is 5.00. The molecule has 0 saturated heterocycles. The van der Waals surface area contributed by atoms with Gasteiger partial charge in [-0.05, 0) is 32.1 Å². The highest BCUT2D eigenvalue weighted by atomic mass is 19.4. The molecule has 0 aliphatic rings. The summed E-state index contributed by atoms with van der Waals surface area (Å²) in [5.74, 6) is 0.0244. The fraction of sp³-hybridized carbons (Fsp3) is 0.385. The van der Waals surface area contributed by atoms with Crippen molar-refractivity contribution >= 4 is 5.71 Å². The number of pyridine rings is 1. The zero-order valence-corrected chi connectivity index (χ0v) is 11.1. The van der Waals surface area contributed by atoms with E-state index in [2.05, 4.69) is 10.3 Å². The normalized spacial score (nSPS) is 14.2. The topological polar surface area (TPSA) is 69.0 Å². The summed E-state index contributed by atoms with van der Waals surface area (Å²) in [6.07, 6.45) is -2.31. The smallest absolute Gasteiger partial charge is 0.417 e. The zero-order valence-electron chi connectivity index (χ0n) is 11.1. The summed E-state index contributed by atoms with van der Waals surface area (Å²) < 4.78 is 37.0. The van der Waals surface area contributed by atoms with Crippen molar-refractivity contribution in [2.75, 3.05) is 0 Å². The number of aliphatic hydroxyl groups is 1. The highest BCUT2D eigenvalue weighted by Crippen LogP contribution is 2.28. The van der Waals surface area contributed by atoms with Crippen LogP contribution < -0.4 is 5.32 Å². The summed E-state index contributed by atoms with van der Waals surface area (Å²) in [5, 5.41) is 19.6. The van der Waals surface area contributed by atoms with Crippen LogP contribution in [0.3, 0.4) is 0 Å². The Labute approximate surface area is 114 Å². The van der Waals surface area contributed by atoms with Gasteiger partial charge in [-0.3, -0.25) is 4.98 Å². The number of hydrogen-bond acceptors (Lipinski definition) is 4. The predicted molar refractivity (Wildman–Crippen MR) is 69.7 cm³/mol. The van der Waals surface area contributed by atoms with Crippen LogP contribution in [-0.2, 0) is 12.7 Å². The van der Waals surface area contributed by atoms with Crippen LogP contribution in [-0.4, -0.2) is 21.8 Å². The van der Waals surface area contributed by atoms with E-state index in [9.17, 15) is 13.2 Å². The average Bonchev–Trinajstić information content (AvgIpc) is 2.34. The summed E-state index contributed by atoms with van der Waals surface area (Å²) in [4.78, 5) is 3.72. The number of halogens is 3. The quantitative estimate of drug-likeness (QED) is 0.576. The van der Waals surface area contributed by atoms with Crippen LogP contribution in [0.1, 0.15) is 25.1 Å². The highest BCUT2D eigenvalue weighted by molar-refractivity contribution is 5.96. The van der Waals surface area contributed by atoms with Crippen LogP contribution >= 0.6 is 0 Å². The Kier molecular flexibility index (Phi) is 5.26. The van der Waals surface area contributed by atoms with E-state index in [0.29, 0.717) is 5.69 Å². The Morgan fingerprint density at radius 2 is 2.15 bits per heavy atom. The number of hydrogen-bond donors (Lipinski definition) is 3. The van der Waals surface area contributed by atoms with Gasteiger partial charge in [0.05, 0.1) is 22.7 Å². The second-order valence-corrected chi connectivity index (χ2v) is 4.38. The van der Waals surface area contributed by atoms with E-state index >= 15 is 0 Å². The Bertz CT molecular complexity index is 491. The van der Waals surface area contributed by atoms with Gasteiger partial charge in [0, 0.05) is 18.8 Å². The molecular formula is C13H16F3N3O. The van der Waals surface area contributed by atoms with Crippen molar-refractivity contribution in [2.45, 2.75) is 32.6 Å². The van der Waals surface area contributed by atoms with Gasteiger partial charge in [0.15, 0.2) is 0 Å². The zero-order chi connectivity index (χ0) is 15.3. The van der Waals surface area contributed by atoms with E-state index in [1.165, 1.54) is 19.1 Å². The highest BCUT2D eigenvalue weighted by Gasteiger charge is 2.30. The molecule has 0 saturated carbocycles. The van der Waals surface area contributed by atoms with Gasteiger partial charge in [-0.1, -0.05) is 0 Å². The summed E-state index contributed by atoms with van der Waals surface area (Å²) >= 11 is 0. The molecule has 110 valence electrons. The van der Waals surface area contributed by atoms with Crippen LogP contribution in [0.5, 0.6) is 0 Å². The first-order valence-corrected chi connectivity index (χ1v) is 5.91. The van der Waals surface area contributed by atoms with E-state index in [4.69, 9.17) is 10.5 Å². The molecule has 0 amide bonds. The minimum atomic E-state index is -4.39. The molecule has 3 N–H and O–H groups in total. The van der Waals surface area contributed by atoms with Gasteiger partial charge in [-0.15, -0.1) is 0 Å². The summed E-state index contributed by atoms with van der Waals surface area (Å²) in [6, 6.07) is 1.91. The molecule has 0 aromatic carbocycles. The molecule has 0 bridgehead atoms. The molecule has 1 aromatic rings. The Hall–Kier alpha value is -1.89. The van der Waals surface area contributed by atoms with Crippen LogP contribution in [0.4, 0.5) is 13.2 Å². The summed E-state index contributed by atoms with van der Waals surface area (Å²) in [6.45, 7) is 3.41. The molecule has 1 heterocycles.